The van der Waals surface area contributed by atoms with Crippen molar-refractivity contribution in [3.63, 3.8) is 0 Å². The second-order valence-electron chi connectivity index (χ2n) is 3.17. The zero-order valence-electron chi connectivity index (χ0n) is 7.75. The van der Waals surface area contributed by atoms with Crippen molar-refractivity contribution in [1.82, 2.24) is 0 Å². The number of hydrogen-bond donors (Lipinski definition) is 1. The van der Waals surface area contributed by atoms with Crippen LogP contribution in [0.15, 0.2) is 11.9 Å². The number of halogens is 1. The van der Waals surface area contributed by atoms with Gasteiger partial charge in [-0.1, -0.05) is 0 Å². The third-order valence-electron chi connectivity index (χ3n) is 2.09. The van der Waals surface area contributed by atoms with Crippen molar-refractivity contribution >= 4 is 11.9 Å². The van der Waals surface area contributed by atoms with E-state index in [-0.39, 0.29) is 6.61 Å². The average Bonchev–Trinajstić information content (AvgIpc) is 2.86. The Kier molecular flexibility index (Phi) is 2.88. The van der Waals surface area contributed by atoms with Crippen LogP contribution in [0.3, 0.4) is 0 Å². The molecule has 1 fully saturated rings. The van der Waals surface area contributed by atoms with Gasteiger partial charge in [0.2, 0.25) is 5.83 Å². The highest BCUT2D eigenvalue weighted by atomic mass is 19.1. The molecule has 0 radical (unpaired) electrons. The monoisotopic (exact) mass is 202 g/mol. The fourth-order valence-corrected chi connectivity index (χ4v) is 1.06. The van der Waals surface area contributed by atoms with Gasteiger partial charge in [-0.25, -0.2) is 4.79 Å². The lowest BCUT2D eigenvalue weighted by Crippen LogP contribution is -2.14. The van der Waals surface area contributed by atoms with E-state index in [1.807, 2.05) is 0 Å². The van der Waals surface area contributed by atoms with E-state index >= 15 is 0 Å². The Bertz CT molecular complexity index is 291. The Morgan fingerprint density at radius 2 is 2.14 bits per heavy atom. The van der Waals surface area contributed by atoms with Crippen LogP contribution >= 0.6 is 0 Å². The van der Waals surface area contributed by atoms with Crippen LogP contribution in [-0.2, 0) is 14.3 Å². The summed E-state index contributed by atoms with van der Waals surface area (Å²) in [5, 5.41) is 8.70. The first-order chi connectivity index (χ1) is 6.52. The highest BCUT2D eigenvalue weighted by Gasteiger charge is 2.49. The first-order valence-electron chi connectivity index (χ1n) is 4.31. The molecule has 1 rings (SSSR count). The van der Waals surface area contributed by atoms with Gasteiger partial charge in [-0.3, -0.25) is 4.79 Å². The van der Waals surface area contributed by atoms with Gasteiger partial charge < -0.3 is 9.84 Å². The van der Waals surface area contributed by atoms with E-state index in [2.05, 4.69) is 4.74 Å². The molecule has 1 N–H and O–H groups in total. The van der Waals surface area contributed by atoms with Crippen molar-refractivity contribution in [2.75, 3.05) is 6.61 Å². The van der Waals surface area contributed by atoms with E-state index in [0.717, 1.165) is 6.08 Å². The number of hydrogen-bond acceptors (Lipinski definition) is 3. The van der Waals surface area contributed by atoms with Crippen molar-refractivity contribution in [3.05, 3.63) is 11.9 Å². The molecule has 78 valence electrons. The minimum atomic E-state index is -1.17. The summed E-state index contributed by atoms with van der Waals surface area (Å²) >= 11 is 0. The third-order valence-corrected chi connectivity index (χ3v) is 2.09. The van der Waals surface area contributed by atoms with Gasteiger partial charge in [-0.05, 0) is 25.8 Å². The molecule has 5 heteroatoms. The molecule has 0 bridgehead atoms. The van der Waals surface area contributed by atoms with Crippen LogP contribution in [0.5, 0.6) is 0 Å². The molecule has 4 nitrogen and oxygen atoms in total. The van der Waals surface area contributed by atoms with Crippen LogP contribution in [0, 0.1) is 5.41 Å². The maximum Gasteiger partial charge on any atom is 0.366 e. The number of rotatable bonds is 4. The smallest absolute Gasteiger partial charge is 0.366 e. The topological polar surface area (TPSA) is 63.6 Å². The highest BCUT2D eigenvalue weighted by Crippen LogP contribution is 2.48. The van der Waals surface area contributed by atoms with E-state index in [1.54, 1.807) is 6.92 Å². The summed E-state index contributed by atoms with van der Waals surface area (Å²) in [7, 11) is 0. The maximum atomic E-state index is 13.0. The number of aliphatic carboxylic acids is 1. The molecule has 0 spiro atoms. The lowest BCUT2D eigenvalue weighted by atomic mass is 10.1. The number of carbonyl (C=O) groups is 2. The molecule has 0 atom stereocenters. The largest absolute Gasteiger partial charge is 0.481 e. The van der Waals surface area contributed by atoms with Gasteiger partial charge in [0.05, 0.1) is 12.0 Å². The van der Waals surface area contributed by atoms with Crippen LogP contribution < -0.4 is 0 Å². The summed E-state index contributed by atoms with van der Waals surface area (Å²) in [6.45, 7) is 1.62. The Morgan fingerprint density at radius 3 is 2.50 bits per heavy atom. The summed E-state index contributed by atoms with van der Waals surface area (Å²) in [5.74, 6) is -3.32. The van der Waals surface area contributed by atoms with Crippen LogP contribution in [0.25, 0.3) is 0 Å². The fourth-order valence-electron chi connectivity index (χ4n) is 1.06. The maximum absolute atomic E-state index is 13.0. The van der Waals surface area contributed by atoms with E-state index in [9.17, 15) is 14.0 Å². The molecular formula is C9H11FO4. The van der Waals surface area contributed by atoms with Gasteiger partial charge in [0.25, 0.3) is 0 Å². The first-order valence-corrected chi connectivity index (χ1v) is 4.31. The summed E-state index contributed by atoms with van der Waals surface area (Å²) in [5.41, 5.74) is -1.17. The molecule has 1 saturated carbocycles. The van der Waals surface area contributed by atoms with Gasteiger partial charge in [0.1, 0.15) is 0 Å². The first kappa shape index (κ1) is 10.7. The Morgan fingerprint density at radius 1 is 1.57 bits per heavy atom. The lowest BCUT2D eigenvalue weighted by Gasteiger charge is -2.03. The van der Waals surface area contributed by atoms with Crippen molar-refractivity contribution in [3.8, 4) is 0 Å². The van der Waals surface area contributed by atoms with Gasteiger partial charge in [0.15, 0.2) is 0 Å². The van der Waals surface area contributed by atoms with Gasteiger partial charge in [-0.15, -0.1) is 0 Å². The molecule has 0 unspecified atom stereocenters. The molecule has 1 aliphatic carbocycles. The van der Waals surface area contributed by atoms with E-state index in [4.69, 9.17) is 5.11 Å². The molecule has 0 aromatic heterocycles. The average molecular weight is 202 g/mol. The number of esters is 1. The minimum absolute atomic E-state index is 0.0696. The minimum Gasteiger partial charge on any atom is -0.481 e. The van der Waals surface area contributed by atoms with Gasteiger partial charge in [0, 0.05) is 0 Å². The molecule has 14 heavy (non-hydrogen) atoms. The molecule has 0 aromatic rings. The van der Waals surface area contributed by atoms with Crippen molar-refractivity contribution < 1.29 is 23.8 Å². The molecule has 0 amide bonds. The Balaban J connectivity index is 2.68. The van der Waals surface area contributed by atoms with Crippen LogP contribution in [0.4, 0.5) is 4.39 Å². The van der Waals surface area contributed by atoms with Gasteiger partial charge in [-0.2, -0.15) is 4.39 Å². The van der Waals surface area contributed by atoms with Crippen LogP contribution in [0.1, 0.15) is 19.8 Å². The predicted octanol–water partition coefficient (Wildman–Crippen LogP) is 1.27. The second-order valence-corrected chi connectivity index (χ2v) is 3.17. The number of carboxylic acid groups (broad SMARTS) is 1. The highest BCUT2D eigenvalue weighted by molar-refractivity contribution is 5.89. The standard InChI is InChI=1S/C9H11FO4/c1-2-14-7(11)6(10)5-9(3-4-9)8(12)13/h5H,2-4H2,1H3,(H,12,13). The van der Waals surface area contributed by atoms with E-state index in [0.29, 0.717) is 12.8 Å². The Hall–Kier alpha value is -1.39. The number of carboxylic acids is 1. The van der Waals surface area contributed by atoms with E-state index < -0.39 is 23.2 Å². The van der Waals surface area contributed by atoms with Crippen molar-refractivity contribution in [2.24, 2.45) is 5.41 Å². The fraction of sp³-hybridized carbons (Fsp3) is 0.556. The summed E-state index contributed by atoms with van der Waals surface area (Å²) in [4.78, 5) is 21.4. The summed E-state index contributed by atoms with van der Waals surface area (Å²) < 4.78 is 17.4. The van der Waals surface area contributed by atoms with Gasteiger partial charge >= 0.3 is 11.9 Å². The zero-order valence-corrected chi connectivity index (χ0v) is 7.75. The van der Waals surface area contributed by atoms with Crippen LogP contribution in [0.2, 0.25) is 0 Å². The van der Waals surface area contributed by atoms with Crippen molar-refractivity contribution in [1.29, 1.82) is 0 Å². The zero-order chi connectivity index (χ0) is 10.8. The normalized spacial score (nSPS) is 18.9. The molecule has 0 aromatic carbocycles. The summed E-state index contributed by atoms with van der Waals surface area (Å²) in [6, 6.07) is 0. The SMILES string of the molecule is CCOC(=O)C(F)=CC1(C(=O)O)CC1. The van der Waals surface area contributed by atoms with Crippen LogP contribution in [-0.4, -0.2) is 23.7 Å². The molecule has 0 heterocycles. The molecule has 0 aliphatic heterocycles. The number of ether oxygens (including phenoxy) is 1. The lowest BCUT2D eigenvalue weighted by molar-refractivity contribution is -0.141. The van der Waals surface area contributed by atoms with Crippen molar-refractivity contribution in [2.45, 2.75) is 19.8 Å². The summed E-state index contributed by atoms with van der Waals surface area (Å²) in [6.07, 6.45) is 1.58. The quantitative estimate of drug-likeness (QED) is 0.550. The number of carbonyl (C=O) groups excluding carboxylic acids is 1. The molecular weight excluding hydrogens is 191 g/mol. The Labute approximate surface area is 80.4 Å². The predicted molar refractivity (Wildman–Crippen MR) is 45.1 cm³/mol. The molecule has 0 saturated heterocycles. The van der Waals surface area contributed by atoms with E-state index in [1.165, 1.54) is 0 Å². The second kappa shape index (κ2) is 3.77. The molecule has 1 aliphatic rings. The third kappa shape index (κ3) is 2.10.